The van der Waals surface area contributed by atoms with Gasteiger partial charge in [0, 0.05) is 5.57 Å². The second kappa shape index (κ2) is 6.07. The Morgan fingerprint density at radius 2 is 1.86 bits per heavy atom. The first-order chi connectivity index (χ1) is 9.90. The van der Waals surface area contributed by atoms with E-state index in [2.05, 4.69) is 16.1 Å². The van der Waals surface area contributed by atoms with Gasteiger partial charge in [0.2, 0.25) is 6.79 Å². The molecule has 1 aliphatic heterocycles. The van der Waals surface area contributed by atoms with Crippen LogP contribution < -0.4 is 0 Å². The third-order valence-corrected chi connectivity index (χ3v) is 3.73. The van der Waals surface area contributed by atoms with Crippen LogP contribution in [0.15, 0.2) is 12.2 Å². The number of carbonyl (C=O) groups is 4. The zero-order valence-electron chi connectivity index (χ0n) is 11.6. The second-order valence-electron chi connectivity index (χ2n) is 5.26. The largest absolute Gasteiger partial charge is 0.428 e. The summed E-state index contributed by atoms with van der Waals surface area (Å²) >= 11 is 0. The smallest absolute Gasteiger partial charge is 0.335 e. The summed E-state index contributed by atoms with van der Waals surface area (Å²) in [5.41, 5.74) is 0.207. The van der Waals surface area contributed by atoms with Crippen LogP contribution >= 0.6 is 0 Å². The summed E-state index contributed by atoms with van der Waals surface area (Å²) in [7, 11) is 0. The molecule has 0 aromatic rings. The Hall–Kier alpha value is -2.18. The summed E-state index contributed by atoms with van der Waals surface area (Å²) < 4.78 is 14.1. The van der Waals surface area contributed by atoms with E-state index in [1.807, 2.05) is 0 Å². The fourth-order valence-electron chi connectivity index (χ4n) is 2.56. The Bertz CT molecular complexity index is 507. The van der Waals surface area contributed by atoms with E-state index in [9.17, 15) is 19.2 Å². The van der Waals surface area contributed by atoms with E-state index < -0.39 is 48.4 Å². The van der Waals surface area contributed by atoms with E-state index in [0.29, 0.717) is 12.8 Å². The molecule has 2 aliphatic rings. The Morgan fingerprint density at radius 3 is 2.52 bits per heavy atom. The fraction of sp³-hybridized carbons (Fsp3) is 0.571. The zero-order valence-corrected chi connectivity index (χ0v) is 11.6. The van der Waals surface area contributed by atoms with Crippen LogP contribution in [0.3, 0.4) is 0 Å². The quantitative estimate of drug-likeness (QED) is 0.326. The van der Waals surface area contributed by atoms with Crippen LogP contribution in [-0.2, 0) is 33.4 Å². The summed E-state index contributed by atoms with van der Waals surface area (Å²) in [5.74, 6) is -3.77. The van der Waals surface area contributed by atoms with Gasteiger partial charge in [-0.1, -0.05) is 6.58 Å². The van der Waals surface area contributed by atoms with Crippen LogP contribution in [0, 0.1) is 17.8 Å². The van der Waals surface area contributed by atoms with E-state index in [4.69, 9.17) is 4.74 Å². The van der Waals surface area contributed by atoms with Gasteiger partial charge in [0.15, 0.2) is 0 Å². The van der Waals surface area contributed by atoms with Gasteiger partial charge in [0.25, 0.3) is 0 Å². The van der Waals surface area contributed by atoms with Gasteiger partial charge < -0.3 is 14.2 Å². The van der Waals surface area contributed by atoms with Crippen molar-refractivity contribution in [2.45, 2.75) is 26.2 Å². The summed E-state index contributed by atoms with van der Waals surface area (Å²) in [6.07, 6.45) is 1.08. The van der Waals surface area contributed by atoms with Crippen LogP contribution in [0.1, 0.15) is 26.2 Å². The lowest BCUT2D eigenvalue weighted by Crippen LogP contribution is -2.32. The van der Waals surface area contributed by atoms with Gasteiger partial charge in [-0.15, -0.1) is 0 Å². The molecule has 0 aromatic heterocycles. The Balaban J connectivity index is 1.82. The highest BCUT2D eigenvalue weighted by Gasteiger charge is 2.49. The zero-order chi connectivity index (χ0) is 15.6. The average molecular weight is 296 g/mol. The van der Waals surface area contributed by atoms with Gasteiger partial charge in [0.1, 0.15) is 0 Å². The molecule has 21 heavy (non-hydrogen) atoms. The molecule has 7 heteroatoms. The van der Waals surface area contributed by atoms with Crippen molar-refractivity contribution < 1.29 is 33.4 Å². The minimum Gasteiger partial charge on any atom is -0.428 e. The highest BCUT2D eigenvalue weighted by Crippen LogP contribution is 2.39. The summed E-state index contributed by atoms with van der Waals surface area (Å²) in [6.45, 7) is 4.39. The lowest BCUT2D eigenvalue weighted by Gasteiger charge is -2.25. The summed E-state index contributed by atoms with van der Waals surface area (Å²) in [6, 6.07) is 0. The van der Waals surface area contributed by atoms with Crippen molar-refractivity contribution in [1.29, 1.82) is 0 Å². The highest BCUT2D eigenvalue weighted by atomic mass is 16.7. The molecule has 1 aliphatic carbocycles. The molecule has 2 fully saturated rings. The molecule has 0 N–H and O–H groups in total. The van der Waals surface area contributed by atoms with Crippen LogP contribution in [0.2, 0.25) is 0 Å². The van der Waals surface area contributed by atoms with Gasteiger partial charge in [-0.05, 0) is 26.2 Å². The molecular formula is C14H16O7. The maximum absolute atomic E-state index is 11.9. The fourth-order valence-corrected chi connectivity index (χ4v) is 2.56. The van der Waals surface area contributed by atoms with Crippen molar-refractivity contribution in [2.75, 3.05) is 6.79 Å². The minimum absolute atomic E-state index is 0.207. The number of carbonyl (C=O) groups excluding carboxylic acids is 4. The number of esters is 4. The standard InChI is InChI=1S/C14H16O7/c1-7(2)11(15)19-6-20-12(16)8-3-4-9-10(5-8)14(18)21-13(9)17/h8-10H,1,3-6H2,2H3. The molecule has 1 heterocycles. The van der Waals surface area contributed by atoms with Crippen molar-refractivity contribution in [2.24, 2.45) is 17.8 Å². The number of hydrogen-bond acceptors (Lipinski definition) is 7. The number of hydrogen-bond donors (Lipinski definition) is 0. The molecule has 3 atom stereocenters. The first-order valence-corrected chi connectivity index (χ1v) is 6.65. The van der Waals surface area contributed by atoms with Crippen molar-refractivity contribution >= 4 is 23.9 Å². The number of cyclic esters (lactones) is 2. The first kappa shape index (κ1) is 15.2. The molecular weight excluding hydrogens is 280 g/mol. The van der Waals surface area contributed by atoms with Crippen LogP contribution in [-0.4, -0.2) is 30.7 Å². The molecule has 0 radical (unpaired) electrons. The summed E-state index contributed by atoms with van der Waals surface area (Å²) in [5, 5.41) is 0. The number of ether oxygens (including phenoxy) is 3. The predicted octanol–water partition coefficient (Wildman–Crippen LogP) is 0.722. The Morgan fingerprint density at radius 1 is 1.19 bits per heavy atom. The van der Waals surface area contributed by atoms with Crippen LogP contribution in [0.25, 0.3) is 0 Å². The number of rotatable bonds is 4. The maximum Gasteiger partial charge on any atom is 0.335 e. The third-order valence-electron chi connectivity index (χ3n) is 3.73. The molecule has 114 valence electrons. The molecule has 3 unspecified atom stereocenters. The topological polar surface area (TPSA) is 96.0 Å². The molecule has 2 rings (SSSR count). The van der Waals surface area contributed by atoms with Crippen molar-refractivity contribution in [3.05, 3.63) is 12.2 Å². The Labute approximate surface area is 121 Å². The second-order valence-corrected chi connectivity index (χ2v) is 5.26. The normalized spacial score (nSPS) is 27.6. The Kier molecular flexibility index (Phi) is 4.40. The highest BCUT2D eigenvalue weighted by molar-refractivity contribution is 5.97. The van der Waals surface area contributed by atoms with Crippen molar-refractivity contribution in [1.82, 2.24) is 0 Å². The first-order valence-electron chi connectivity index (χ1n) is 6.65. The van der Waals surface area contributed by atoms with E-state index in [-0.39, 0.29) is 12.0 Å². The molecule has 0 spiro atoms. The minimum atomic E-state index is -0.642. The molecule has 0 amide bonds. The number of fused-ring (bicyclic) bond motifs is 1. The average Bonchev–Trinajstić information content (AvgIpc) is 2.73. The SMILES string of the molecule is C=C(C)C(=O)OCOC(=O)C1CCC2C(=O)OC(=O)C2C1. The van der Waals surface area contributed by atoms with E-state index in [0.717, 1.165) is 0 Å². The van der Waals surface area contributed by atoms with Gasteiger partial charge in [-0.3, -0.25) is 14.4 Å². The van der Waals surface area contributed by atoms with E-state index >= 15 is 0 Å². The molecule has 0 aromatic carbocycles. The van der Waals surface area contributed by atoms with E-state index in [1.165, 1.54) is 6.92 Å². The predicted molar refractivity (Wildman–Crippen MR) is 67.3 cm³/mol. The summed E-state index contributed by atoms with van der Waals surface area (Å²) in [4.78, 5) is 45.8. The molecule has 1 saturated carbocycles. The molecule has 1 saturated heterocycles. The molecule has 7 nitrogen and oxygen atoms in total. The monoisotopic (exact) mass is 296 g/mol. The third kappa shape index (κ3) is 3.29. The van der Waals surface area contributed by atoms with Crippen molar-refractivity contribution in [3.8, 4) is 0 Å². The van der Waals surface area contributed by atoms with E-state index in [1.54, 1.807) is 0 Å². The van der Waals surface area contributed by atoms with Gasteiger partial charge >= 0.3 is 23.9 Å². The maximum atomic E-state index is 11.9. The van der Waals surface area contributed by atoms with Gasteiger partial charge in [0.05, 0.1) is 17.8 Å². The lowest BCUT2D eigenvalue weighted by atomic mass is 9.75. The van der Waals surface area contributed by atoms with Gasteiger partial charge in [-0.2, -0.15) is 0 Å². The van der Waals surface area contributed by atoms with Crippen LogP contribution in [0.5, 0.6) is 0 Å². The lowest BCUT2D eigenvalue weighted by molar-refractivity contribution is -0.169. The molecule has 0 bridgehead atoms. The van der Waals surface area contributed by atoms with Crippen LogP contribution in [0.4, 0.5) is 0 Å². The van der Waals surface area contributed by atoms with Crippen molar-refractivity contribution in [3.63, 3.8) is 0 Å². The van der Waals surface area contributed by atoms with Gasteiger partial charge in [-0.25, -0.2) is 4.79 Å².